The predicted octanol–water partition coefficient (Wildman–Crippen LogP) is 1.51. The second kappa shape index (κ2) is 3.83. The molecule has 0 amide bonds. The number of ketones is 1. The summed E-state index contributed by atoms with van der Waals surface area (Å²) < 4.78 is 0. The summed E-state index contributed by atoms with van der Waals surface area (Å²) in [6.07, 6.45) is 1.30. The highest BCUT2D eigenvalue weighted by Crippen LogP contribution is 2.08. The first-order valence-electron chi connectivity index (χ1n) is 3.74. The summed E-state index contributed by atoms with van der Waals surface area (Å²) in [7, 11) is 0. The van der Waals surface area contributed by atoms with Gasteiger partial charge in [0.2, 0.25) is 0 Å². The van der Waals surface area contributed by atoms with Crippen LogP contribution in [0.2, 0.25) is 0 Å². The van der Waals surface area contributed by atoms with Crippen LogP contribution in [-0.2, 0) is 6.54 Å². The topological polar surface area (TPSA) is 43.1 Å². The Kier molecular flexibility index (Phi) is 2.77. The van der Waals surface area contributed by atoms with Gasteiger partial charge in [-0.15, -0.1) is 0 Å². The van der Waals surface area contributed by atoms with Crippen LogP contribution in [0.1, 0.15) is 15.9 Å². The van der Waals surface area contributed by atoms with Crippen LogP contribution in [0, 0.1) is 0 Å². The van der Waals surface area contributed by atoms with Crippen LogP contribution in [0.5, 0.6) is 0 Å². The van der Waals surface area contributed by atoms with Gasteiger partial charge >= 0.3 is 0 Å². The van der Waals surface area contributed by atoms with Gasteiger partial charge in [-0.2, -0.15) is 0 Å². The summed E-state index contributed by atoms with van der Waals surface area (Å²) in [4.78, 5) is 11.2. The lowest BCUT2D eigenvalue weighted by atomic mass is 10.0. The van der Waals surface area contributed by atoms with E-state index < -0.39 is 0 Å². The van der Waals surface area contributed by atoms with Gasteiger partial charge in [0, 0.05) is 12.1 Å². The molecule has 0 spiro atoms. The van der Waals surface area contributed by atoms with Crippen molar-refractivity contribution in [3.63, 3.8) is 0 Å². The van der Waals surface area contributed by atoms with Gasteiger partial charge < -0.3 is 5.73 Å². The lowest BCUT2D eigenvalue weighted by molar-refractivity contribution is 0.104. The zero-order valence-electron chi connectivity index (χ0n) is 6.79. The SMILES string of the molecule is C=CC(=O)c1ccccc1CN. The molecular formula is C10H11NO. The largest absolute Gasteiger partial charge is 0.326 e. The third kappa shape index (κ3) is 1.60. The molecule has 0 heterocycles. The van der Waals surface area contributed by atoms with Crippen molar-refractivity contribution in [2.24, 2.45) is 5.73 Å². The number of hydrogen-bond donors (Lipinski definition) is 1. The number of allylic oxidation sites excluding steroid dienone is 1. The van der Waals surface area contributed by atoms with E-state index in [4.69, 9.17) is 5.73 Å². The molecule has 0 unspecified atom stereocenters. The van der Waals surface area contributed by atoms with E-state index in [-0.39, 0.29) is 5.78 Å². The number of nitrogens with two attached hydrogens (primary N) is 1. The first-order chi connectivity index (χ1) is 5.79. The van der Waals surface area contributed by atoms with Crippen LogP contribution in [-0.4, -0.2) is 5.78 Å². The molecule has 0 saturated heterocycles. The maximum Gasteiger partial charge on any atom is 0.185 e. The van der Waals surface area contributed by atoms with Crippen molar-refractivity contribution in [3.05, 3.63) is 48.0 Å². The fourth-order valence-electron chi connectivity index (χ4n) is 1.05. The molecule has 0 aliphatic rings. The molecule has 0 aliphatic carbocycles. The average Bonchev–Trinajstić information content (AvgIpc) is 2.16. The van der Waals surface area contributed by atoms with Crippen molar-refractivity contribution in [2.45, 2.75) is 6.54 Å². The van der Waals surface area contributed by atoms with Gasteiger partial charge in [-0.1, -0.05) is 30.8 Å². The Labute approximate surface area is 71.7 Å². The quantitative estimate of drug-likeness (QED) is 0.539. The smallest absolute Gasteiger partial charge is 0.185 e. The van der Waals surface area contributed by atoms with Crippen molar-refractivity contribution < 1.29 is 4.79 Å². The standard InChI is InChI=1S/C10H11NO/c1-2-10(12)9-6-4-3-5-8(9)7-11/h2-6H,1,7,11H2. The number of hydrogen-bond acceptors (Lipinski definition) is 2. The number of carbonyl (C=O) groups is 1. The normalized spacial score (nSPS) is 9.42. The molecule has 0 saturated carbocycles. The Bertz CT molecular complexity index is 304. The maximum absolute atomic E-state index is 11.2. The Hall–Kier alpha value is -1.41. The Morgan fingerprint density at radius 2 is 2.17 bits per heavy atom. The molecule has 2 nitrogen and oxygen atoms in total. The van der Waals surface area contributed by atoms with Crippen molar-refractivity contribution in [1.82, 2.24) is 0 Å². The molecule has 1 rings (SSSR count). The minimum atomic E-state index is -0.0731. The van der Waals surface area contributed by atoms with E-state index in [9.17, 15) is 4.79 Å². The van der Waals surface area contributed by atoms with Crippen LogP contribution in [0.25, 0.3) is 0 Å². The van der Waals surface area contributed by atoms with Crippen molar-refractivity contribution >= 4 is 5.78 Å². The molecular weight excluding hydrogens is 150 g/mol. The van der Waals surface area contributed by atoms with E-state index >= 15 is 0 Å². The van der Waals surface area contributed by atoms with Crippen LogP contribution in [0.4, 0.5) is 0 Å². The second-order valence-electron chi connectivity index (χ2n) is 2.43. The molecule has 0 aliphatic heterocycles. The lowest BCUT2D eigenvalue weighted by Crippen LogP contribution is -2.04. The number of carbonyl (C=O) groups excluding carboxylic acids is 1. The van der Waals surface area contributed by atoms with Crippen molar-refractivity contribution in [1.29, 1.82) is 0 Å². The van der Waals surface area contributed by atoms with E-state index in [1.54, 1.807) is 6.07 Å². The third-order valence-electron chi connectivity index (χ3n) is 1.69. The predicted molar refractivity (Wildman–Crippen MR) is 48.9 cm³/mol. The van der Waals surface area contributed by atoms with E-state index in [0.717, 1.165) is 5.56 Å². The van der Waals surface area contributed by atoms with Crippen LogP contribution in [0.15, 0.2) is 36.9 Å². The summed E-state index contributed by atoms with van der Waals surface area (Å²) >= 11 is 0. The first-order valence-corrected chi connectivity index (χ1v) is 3.74. The third-order valence-corrected chi connectivity index (χ3v) is 1.69. The van der Waals surface area contributed by atoms with Crippen LogP contribution < -0.4 is 5.73 Å². The first kappa shape index (κ1) is 8.68. The van der Waals surface area contributed by atoms with Gasteiger partial charge in [0.1, 0.15) is 0 Å². The molecule has 0 aromatic heterocycles. The zero-order valence-corrected chi connectivity index (χ0v) is 6.79. The second-order valence-corrected chi connectivity index (χ2v) is 2.43. The van der Waals surface area contributed by atoms with E-state index in [1.807, 2.05) is 18.2 Å². The lowest BCUT2D eigenvalue weighted by Gasteiger charge is -2.02. The zero-order chi connectivity index (χ0) is 8.97. The molecule has 1 aromatic rings. The summed E-state index contributed by atoms with van der Waals surface area (Å²) in [6, 6.07) is 7.28. The number of rotatable bonds is 3. The van der Waals surface area contributed by atoms with E-state index in [1.165, 1.54) is 6.08 Å². The Balaban J connectivity index is 3.13. The van der Waals surface area contributed by atoms with E-state index in [0.29, 0.717) is 12.1 Å². The van der Waals surface area contributed by atoms with Gasteiger partial charge in [-0.05, 0) is 11.6 Å². The molecule has 62 valence electrons. The molecule has 1 aromatic carbocycles. The Morgan fingerprint density at radius 3 is 2.75 bits per heavy atom. The monoisotopic (exact) mass is 161 g/mol. The highest BCUT2D eigenvalue weighted by atomic mass is 16.1. The maximum atomic E-state index is 11.2. The molecule has 0 bridgehead atoms. The minimum Gasteiger partial charge on any atom is -0.326 e. The highest BCUT2D eigenvalue weighted by Gasteiger charge is 2.04. The fourth-order valence-corrected chi connectivity index (χ4v) is 1.05. The molecule has 0 fully saturated rings. The molecule has 2 heteroatoms. The summed E-state index contributed by atoms with van der Waals surface area (Å²) in [5, 5.41) is 0. The van der Waals surface area contributed by atoms with Crippen LogP contribution >= 0.6 is 0 Å². The summed E-state index contributed by atoms with van der Waals surface area (Å²) in [6.45, 7) is 3.81. The van der Waals surface area contributed by atoms with Crippen molar-refractivity contribution in [3.8, 4) is 0 Å². The molecule has 0 atom stereocenters. The minimum absolute atomic E-state index is 0.0731. The van der Waals surface area contributed by atoms with Gasteiger partial charge in [-0.25, -0.2) is 0 Å². The van der Waals surface area contributed by atoms with Gasteiger partial charge in [0.15, 0.2) is 5.78 Å². The molecule has 2 N–H and O–H groups in total. The fraction of sp³-hybridized carbons (Fsp3) is 0.100. The van der Waals surface area contributed by atoms with E-state index in [2.05, 4.69) is 6.58 Å². The number of benzene rings is 1. The molecule has 12 heavy (non-hydrogen) atoms. The van der Waals surface area contributed by atoms with Gasteiger partial charge in [0.25, 0.3) is 0 Å². The summed E-state index contributed by atoms with van der Waals surface area (Å²) in [5.41, 5.74) is 6.97. The highest BCUT2D eigenvalue weighted by molar-refractivity contribution is 6.05. The molecule has 0 radical (unpaired) electrons. The summed E-state index contributed by atoms with van der Waals surface area (Å²) in [5.74, 6) is -0.0731. The van der Waals surface area contributed by atoms with Crippen molar-refractivity contribution in [2.75, 3.05) is 0 Å². The van der Waals surface area contributed by atoms with Crippen LogP contribution in [0.3, 0.4) is 0 Å². The van der Waals surface area contributed by atoms with Gasteiger partial charge in [0.05, 0.1) is 0 Å². The average molecular weight is 161 g/mol. The Morgan fingerprint density at radius 1 is 1.50 bits per heavy atom. The van der Waals surface area contributed by atoms with Gasteiger partial charge in [-0.3, -0.25) is 4.79 Å².